The van der Waals surface area contributed by atoms with E-state index in [-0.39, 0.29) is 42.2 Å². The molecule has 5 rings (SSSR count). The Morgan fingerprint density at radius 1 is 0.962 bits per heavy atom. The Labute approximate surface area is 315 Å². The lowest BCUT2D eigenvalue weighted by atomic mass is 9.68. The molecule has 2 amide bonds. The van der Waals surface area contributed by atoms with Gasteiger partial charge in [-0.1, -0.05) is 125 Å². The molecule has 278 valence electrons. The first-order valence-corrected chi connectivity index (χ1v) is 20.9. The molecule has 7 nitrogen and oxygen atoms in total. The first-order chi connectivity index (χ1) is 24.9. The molecule has 1 saturated heterocycles. The van der Waals surface area contributed by atoms with Gasteiger partial charge >= 0.3 is 0 Å². The van der Waals surface area contributed by atoms with Crippen LogP contribution in [0.25, 0.3) is 6.08 Å². The summed E-state index contributed by atoms with van der Waals surface area (Å²) >= 11 is 6.46. The topological polar surface area (TPSA) is 107 Å². The van der Waals surface area contributed by atoms with Crippen LogP contribution in [-0.2, 0) is 14.0 Å². The first kappa shape index (κ1) is 39.7. The smallest absolute Gasteiger partial charge is 0.261 e. The van der Waals surface area contributed by atoms with Crippen molar-refractivity contribution in [2.24, 2.45) is 17.8 Å². The average Bonchev–Trinajstić information content (AvgIpc) is 3.36. The summed E-state index contributed by atoms with van der Waals surface area (Å²) in [6.45, 7) is 10.8. The molecule has 1 heterocycles. The van der Waals surface area contributed by atoms with Crippen molar-refractivity contribution in [1.29, 1.82) is 0 Å². The molecular weight excluding hydrogens is 690 g/mol. The number of hydrogen-bond donors (Lipinski definition) is 3. The van der Waals surface area contributed by atoms with E-state index in [1.54, 1.807) is 12.1 Å². The van der Waals surface area contributed by atoms with Crippen LogP contribution in [0.5, 0.6) is 5.75 Å². The highest BCUT2D eigenvalue weighted by Crippen LogP contribution is 2.47. The van der Waals surface area contributed by atoms with Crippen LogP contribution in [0.3, 0.4) is 0 Å². The molecule has 0 unspecified atom stereocenters. The van der Waals surface area contributed by atoms with Crippen LogP contribution >= 0.6 is 11.6 Å². The number of phenolic OH excluding ortho intramolecular Hbond substituents is 1. The summed E-state index contributed by atoms with van der Waals surface area (Å²) in [6, 6.07) is 25.6. The van der Waals surface area contributed by atoms with Gasteiger partial charge in [0.15, 0.2) is 0 Å². The quantitative estimate of drug-likeness (QED) is 0.0860. The van der Waals surface area contributed by atoms with Gasteiger partial charge in [0.05, 0.1) is 36.2 Å². The second-order valence-electron chi connectivity index (χ2n) is 15.3. The van der Waals surface area contributed by atoms with Crippen LogP contribution in [0.4, 0.5) is 0 Å². The maximum Gasteiger partial charge on any atom is 0.261 e. The second kappa shape index (κ2) is 17.1. The number of aromatic hydroxyl groups is 1. The summed E-state index contributed by atoms with van der Waals surface area (Å²) in [5.41, 5.74) is 3.30. The zero-order chi connectivity index (χ0) is 37.6. The summed E-state index contributed by atoms with van der Waals surface area (Å²) in [4.78, 5) is 29.0. The highest BCUT2D eigenvalue weighted by atomic mass is 35.5. The van der Waals surface area contributed by atoms with Crippen molar-refractivity contribution in [2.75, 3.05) is 19.8 Å². The zero-order valence-electron chi connectivity index (χ0n) is 31.1. The third-order valence-corrected chi connectivity index (χ3v) is 16.1. The lowest BCUT2D eigenvalue weighted by Gasteiger charge is -2.44. The Balaban J connectivity index is 1.58. The summed E-state index contributed by atoms with van der Waals surface area (Å²) in [7, 11) is -3.00. The number of likely N-dealkylation sites (tertiary alicyclic amines) is 1. The van der Waals surface area contributed by atoms with Crippen molar-refractivity contribution >= 4 is 48.2 Å². The van der Waals surface area contributed by atoms with E-state index in [1.807, 2.05) is 49.4 Å². The van der Waals surface area contributed by atoms with Crippen LogP contribution < -0.4 is 10.4 Å². The maximum absolute atomic E-state index is 13.8. The van der Waals surface area contributed by atoms with E-state index in [4.69, 9.17) is 16.0 Å². The van der Waals surface area contributed by atoms with Gasteiger partial charge in [-0.25, -0.2) is 0 Å². The number of rotatable bonds is 15. The van der Waals surface area contributed by atoms with Crippen molar-refractivity contribution in [2.45, 2.75) is 84.3 Å². The highest BCUT2D eigenvalue weighted by molar-refractivity contribution is 6.99. The third kappa shape index (κ3) is 8.02. The zero-order valence-corrected chi connectivity index (χ0v) is 32.9. The molecule has 52 heavy (non-hydrogen) atoms. The Hall–Kier alpha value is -3.53. The number of halogens is 1. The van der Waals surface area contributed by atoms with Crippen LogP contribution in [0.1, 0.15) is 78.7 Å². The van der Waals surface area contributed by atoms with Crippen molar-refractivity contribution in [3.63, 3.8) is 0 Å². The molecule has 0 bridgehead atoms. The Morgan fingerprint density at radius 3 is 2.13 bits per heavy atom. The number of benzene rings is 3. The summed E-state index contributed by atoms with van der Waals surface area (Å²) in [5, 5.41) is 35.4. The van der Waals surface area contributed by atoms with E-state index in [0.29, 0.717) is 36.4 Å². The molecule has 1 aliphatic carbocycles. The van der Waals surface area contributed by atoms with E-state index in [2.05, 4.69) is 52.0 Å². The third-order valence-electron chi connectivity index (χ3n) is 10.8. The summed E-state index contributed by atoms with van der Waals surface area (Å²) < 4.78 is 7.36. The van der Waals surface area contributed by atoms with Crippen LogP contribution in [0.2, 0.25) is 10.1 Å². The maximum atomic E-state index is 13.8. The number of aliphatic hydroxyl groups is 2. The minimum absolute atomic E-state index is 0.0949. The fourth-order valence-electron chi connectivity index (χ4n) is 8.48. The van der Waals surface area contributed by atoms with Crippen LogP contribution in [0.15, 0.2) is 95.6 Å². The standard InChI is InChI=1S/C43H54ClNO6Si/c1-6-14-29(24-30-20-21-32(47)26-37(30)44)19-22-38(48)39-31(25-35-40(36(39)27-46)42(50)45(23-7-2)41(35)49)28-51-52(43(3,4)5,33-15-10-8-11-16-33)34-17-12-9-13-18-34/h8-13,15-18,20-21,24,26,35-36,38,40,46-48H,6-7,14,19,22-23,25,27-28H2,1-5H3/b29-24+/t35-,36+,38-,40-/m1/s1. The van der Waals surface area contributed by atoms with Gasteiger partial charge in [-0.3, -0.25) is 14.5 Å². The SMILES string of the molecule is CCC/C(=C\c1ccc(O)cc1Cl)CC[C@@H](O)C1=C(CO[Si](c2ccccc2)(c2ccccc2)C(C)(C)C)C[C@H]2C(=O)N(CCC)C(=O)[C@H]2[C@H]1CO. The molecule has 2 aliphatic rings. The van der Waals surface area contributed by atoms with Gasteiger partial charge < -0.3 is 19.7 Å². The lowest BCUT2D eigenvalue weighted by molar-refractivity contribution is -0.140. The molecule has 0 radical (unpaired) electrons. The second-order valence-corrected chi connectivity index (χ2v) is 20.0. The van der Waals surface area contributed by atoms with Gasteiger partial charge in [0, 0.05) is 12.5 Å². The number of imide groups is 1. The Bertz CT molecular complexity index is 1730. The lowest BCUT2D eigenvalue weighted by Crippen LogP contribution is -2.66. The van der Waals surface area contributed by atoms with Crippen molar-refractivity contribution in [3.8, 4) is 5.75 Å². The van der Waals surface area contributed by atoms with Gasteiger partial charge in [0.2, 0.25) is 11.8 Å². The largest absolute Gasteiger partial charge is 0.508 e. The van der Waals surface area contributed by atoms with Crippen molar-refractivity contribution < 1.29 is 29.3 Å². The Morgan fingerprint density at radius 2 is 1.60 bits per heavy atom. The molecule has 3 aromatic carbocycles. The number of allylic oxidation sites excluding steroid dienone is 1. The van der Waals surface area contributed by atoms with E-state index in [0.717, 1.165) is 39.9 Å². The van der Waals surface area contributed by atoms with Gasteiger partial charge in [0.25, 0.3) is 8.32 Å². The fraction of sp³-hybridized carbons (Fsp3) is 0.442. The fourth-order valence-corrected chi connectivity index (χ4v) is 13.3. The molecule has 3 aromatic rings. The minimum Gasteiger partial charge on any atom is -0.508 e. The number of hydrogen-bond acceptors (Lipinski definition) is 6. The number of phenols is 1. The van der Waals surface area contributed by atoms with Gasteiger partial charge in [-0.15, -0.1) is 0 Å². The number of nitrogens with zero attached hydrogens (tertiary/aromatic N) is 1. The number of carbonyl (C=O) groups excluding carboxylic acids is 2. The molecular formula is C43H54ClNO6Si. The molecule has 0 spiro atoms. The molecule has 0 aromatic heterocycles. The number of aliphatic hydroxyl groups excluding tert-OH is 2. The molecule has 3 N–H and O–H groups in total. The minimum atomic E-state index is -3.00. The predicted molar refractivity (Wildman–Crippen MR) is 211 cm³/mol. The van der Waals surface area contributed by atoms with Crippen molar-refractivity contribution in [3.05, 3.63) is 106 Å². The molecule has 1 aliphatic heterocycles. The average molecular weight is 744 g/mol. The van der Waals surface area contributed by atoms with Crippen molar-refractivity contribution in [1.82, 2.24) is 4.90 Å². The number of fused-ring (bicyclic) bond motifs is 1. The van der Waals surface area contributed by atoms with E-state index >= 15 is 0 Å². The summed E-state index contributed by atoms with van der Waals surface area (Å²) in [5.74, 6) is -2.43. The summed E-state index contributed by atoms with van der Waals surface area (Å²) in [6.07, 6.45) is 4.57. The van der Waals surface area contributed by atoms with E-state index < -0.39 is 32.2 Å². The number of carbonyl (C=O) groups is 2. The van der Waals surface area contributed by atoms with E-state index in [9.17, 15) is 24.9 Å². The monoisotopic (exact) mass is 743 g/mol. The van der Waals surface area contributed by atoms with E-state index in [1.165, 1.54) is 11.0 Å². The predicted octanol–water partition coefficient (Wildman–Crippen LogP) is 7.27. The molecule has 1 fully saturated rings. The highest BCUT2D eigenvalue weighted by Gasteiger charge is 2.56. The van der Waals surface area contributed by atoms with Crippen LogP contribution in [-0.4, -0.2) is 66.2 Å². The Kier molecular flexibility index (Phi) is 13.0. The molecule has 9 heteroatoms. The number of amides is 2. The first-order valence-electron chi connectivity index (χ1n) is 18.7. The van der Waals surface area contributed by atoms with Gasteiger partial charge in [0.1, 0.15) is 5.75 Å². The normalized spacial score (nSPS) is 20.4. The van der Waals surface area contributed by atoms with Gasteiger partial charge in [-0.05, 0) is 82.4 Å². The van der Waals surface area contributed by atoms with Crippen LogP contribution in [0, 0.1) is 17.8 Å². The molecule has 4 atom stereocenters. The molecule has 0 saturated carbocycles. The van der Waals surface area contributed by atoms with Gasteiger partial charge in [-0.2, -0.15) is 0 Å².